The molecule has 0 aromatic rings. The van der Waals surface area contributed by atoms with E-state index in [9.17, 15) is 14.4 Å². The minimum absolute atomic E-state index is 0.192. The fourth-order valence-corrected chi connectivity index (χ4v) is 3.41. The fraction of sp³-hybridized carbons (Fsp3) is 0.588. The normalized spacial score (nSPS) is 24.1. The van der Waals surface area contributed by atoms with E-state index >= 15 is 0 Å². The molecule has 0 bridgehead atoms. The lowest BCUT2D eigenvalue weighted by atomic mass is 9.99. The van der Waals surface area contributed by atoms with Crippen LogP contribution in [0.5, 0.6) is 0 Å². The van der Waals surface area contributed by atoms with Crippen molar-refractivity contribution in [1.82, 2.24) is 9.80 Å². The molecule has 3 aliphatic heterocycles. The molecule has 0 N–H and O–H groups in total. The Morgan fingerprint density at radius 3 is 2.60 bits per heavy atom. The Hall–Kier alpha value is -2.51. The Morgan fingerprint density at radius 1 is 1.28 bits per heavy atom. The monoisotopic (exact) mass is 347 g/mol. The summed E-state index contributed by atoms with van der Waals surface area (Å²) in [6, 6.07) is -0.533. The molecule has 0 aromatic carbocycles. The number of carbonyl (C=O) groups excluding carboxylic acids is 3. The van der Waals surface area contributed by atoms with Crippen LogP contribution in [0.3, 0.4) is 0 Å². The maximum Gasteiger partial charge on any atom is 0.446 e. The number of rotatable bonds is 3. The van der Waals surface area contributed by atoms with Gasteiger partial charge in [-0.3, -0.25) is 9.59 Å². The van der Waals surface area contributed by atoms with Gasteiger partial charge in [0.15, 0.2) is 12.5 Å². The van der Waals surface area contributed by atoms with Crippen LogP contribution in [-0.2, 0) is 14.3 Å². The molecule has 25 heavy (non-hydrogen) atoms. The van der Waals surface area contributed by atoms with Gasteiger partial charge in [-0.15, -0.1) is 4.99 Å². The maximum absolute atomic E-state index is 12.9. The first kappa shape index (κ1) is 17.3. The second kappa shape index (κ2) is 7.16. The van der Waals surface area contributed by atoms with Gasteiger partial charge in [-0.1, -0.05) is 12.8 Å². The van der Waals surface area contributed by atoms with Gasteiger partial charge in [0, 0.05) is 19.2 Å². The summed E-state index contributed by atoms with van der Waals surface area (Å²) >= 11 is 0. The van der Waals surface area contributed by atoms with E-state index in [1.54, 1.807) is 18.0 Å². The largest absolute Gasteiger partial charge is 0.499 e. The van der Waals surface area contributed by atoms with E-state index in [1.165, 1.54) is 17.9 Å². The number of aliphatic imine (C=N–C) groups is 1. The number of hydrogen-bond acceptors (Lipinski definition) is 5. The number of nitrogens with zero attached hydrogens (tertiary/aromatic N) is 4. The van der Waals surface area contributed by atoms with E-state index in [0.29, 0.717) is 24.7 Å². The van der Waals surface area contributed by atoms with Crippen molar-refractivity contribution in [3.05, 3.63) is 11.8 Å². The average molecular weight is 347 g/mol. The van der Waals surface area contributed by atoms with Crippen LogP contribution in [0.2, 0.25) is 0 Å². The first-order chi connectivity index (χ1) is 12.0. The van der Waals surface area contributed by atoms with Gasteiger partial charge in [-0.2, -0.15) is 9.48 Å². The zero-order valence-corrected chi connectivity index (χ0v) is 14.6. The Balaban J connectivity index is 1.82. The Morgan fingerprint density at radius 2 is 1.96 bits per heavy atom. The standard InChI is InChI=1S/C17H23N4O4/c1-19-15-14(12(25-2)7-8-18-15)16(23)21(17(19)24)11-13(22)20-9-5-3-4-6-10-20/h7-8,14H,3-6,9-11H2,1-2H3/q+1. The third kappa shape index (κ3) is 3.20. The quantitative estimate of drug-likeness (QED) is 0.701. The van der Waals surface area contributed by atoms with E-state index in [2.05, 4.69) is 4.99 Å². The molecular weight excluding hydrogens is 324 g/mol. The number of ether oxygens (including phenoxy) is 1. The summed E-state index contributed by atoms with van der Waals surface area (Å²) in [6.07, 6.45) is 7.23. The summed E-state index contributed by atoms with van der Waals surface area (Å²) in [6.45, 7) is 1.12. The molecule has 134 valence electrons. The summed E-state index contributed by atoms with van der Waals surface area (Å²) < 4.78 is 6.58. The zero-order chi connectivity index (χ0) is 18.0. The number of hydrogen-bond donors (Lipinski definition) is 0. The van der Waals surface area contributed by atoms with Crippen molar-refractivity contribution in [2.24, 2.45) is 10.9 Å². The van der Waals surface area contributed by atoms with Crippen LogP contribution in [0.1, 0.15) is 25.7 Å². The number of methoxy groups -OCH3 is 1. The predicted octanol–water partition coefficient (Wildman–Crippen LogP) is 0.623. The highest BCUT2D eigenvalue weighted by Gasteiger charge is 2.50. The third-order valence-corrected chi connectivity index (χ3v) is 4.85. The third-order valence-electron chi connectivity index (χ3n) is 4.85. The number of fused-ring (bicyclic) bond motifs is 1. The maximum atomic E-state index is 12.9. The topological polar surface area (TPSA) is 82.3 Å². The van der Waals surface area contributed by atoms with Crippen LogP contribution in [0, 0.1) is 5.92 Å². The van der Waals surface area contributed by atoms with Crippen LogP contribution < -0.4 is 0 Å². The van der Waals surface area contributed by atoms with E-state index in [-0.39, 0.29) is 12.5 Å². The molecule has 8 heteroatoms. The van der Waals surface area contributed by atoms with Crippen molar-refractivity contribution in [2.75, 3.05) is 33.8 Å². The lowest BCUT2D eigenvalue weighted by Crippen LogP contribution is -2.57. The number of allylic oxidation sites excluding steroid dienone is 1. The number of likely N-dealkylation sites (tertiary alicyclic amines) is 1. The Bertz CT molecular complexity index is 687. The smallest absolute Gasteiger partial charge is 0.446 e. The van der Waals surface area contributed by atoms with E-state index in [0.717, 1.165) is 30.6 Å². The molecule has 8 nitrogen and oxygen atoms in total. The van der Waals surface area contributed by atoms with E-state index in [4.69, 9.17) is 4.74 Å². The highest BCUT2D eigenvalue weighted by atomic mass is 16.5. The van der Waals surface area contributed by atoms with Crippen LogP contribution in [-0.4, -0.2) is 78.1 Å². The molecule has 0 spiro atoms. The molecule has 4 amide bonds. The molecule has 1 fully saturated rings. The van der Waals surface area contributed by atoms with Crippen molar-refractivity contribution in [1.29, 1.82) is 0 Å². The minimum Gasteiger partial charge on any atom is -0.499 e. The summed E-state index contributed by atoms with van der Waals surface area (Å²) in [5, 5.41) is 0. The molecule has 1 unspecified atom stereocenters. The van der Waals surface area contributed by atoms with Gasteiger partial charge < -0.3 is 9.64 Å². The van der Waals surface area contributed by atoms with E-state index < -0.39 is 17.9 Å². The van der Waals surface area contributed by atoms with Crippen LogP contribution in [0.4, 0.5) is 4.79 Å². The van der Waals surface area contributed by atoms with Crippen molar-refractivity contribution in [2.45, 2.75) is 25.7 Å². The van der Waals surface area contributed by atoms with Gasteiger partial charge in [-0.25, -0.2) is 4.79 Å². The second-order valence-corrected chi connectivity index (χ2v) is 6.40. The van der Waals surface area contributed by atoms with Crippen molar-refractivity contribution in [3.63, 3.8) is 0 Å². The Kier molecular flexibility index (Phi) is 4.96. The van der Waals surface area contributed by atoms with Gasteiger partial charge in [0.05, 0.1) is 14.2 Å². The molecule has 0 saturated carbocycles. The van der Waals surface area contributed by atoms with Crippen LogP contribution >= 0.6 is 0 Å². The van der Waals surface area contributed by atoms with Gasteiger partial charge in [-0.05, 0) is 12.8 Å². The molecule has 0 radical (unpaired) electrons. The number of amidine groups is 1. The average Bonchev–Trinajstić information content (AvgIpc) is 2.92. The van der Waals surface area contributed by atoms with Gasteiger partial charge in [0.1, 0.15) is 12.0 Å². The van der Waals surface area contributed by atoms with Gasteiger partial charge >= 0.3 is 11.9 Å². The van der Waals surface area contributed by atoms with E-state index in [1.807, 2.05) is 0 Å². The van der Waals surface area contributed by atoms with Crippen LogP contribution in [0.15, 0.2) is 16.8 Å². The molecule has 3 heterocycles. The van der Waals surface area contributed by atoms with Crippen molar-refractivity contribution in [3.8, 4) is 0 Å². The molecule has 3 aliphatic rings. The number of dihydropyridines is 1. The number of carbonyl (C=O) groups is 3. The summed E-state index contributed by atoms with van der Waals surface area (Å²) in [7, 11) is 3.02. The lowest BCUT2D eigenvalue weighted by molar-refractivity contribution is -0.408. The van der Waals surface area contributed by atoms with Crippen LogP contribution in [0.25, 0.3) is 0 Å². The molecule has 3 rings (SSSR count). The summed E-state index contributed by atoms with van der Waals surface area (Å²) in [5.41, 5.74) is 0. The van der Waals surface area contributed by atoms with Crippen molar-refractivity contribution < 1.29 is 23.7 Å². The fourth-order valence-electron chi connectivity index (χ4n) is 3.41. The molecule has 1 saturated heterocycles. The van der Waals surface area contributed by atoms with Gasteiger partial charge in [0.2, 0.25) is 0 Å². The predicted molar refractivity (Wildman–Crippen MR) is 90.4 cm³/mol. The lowest BCUT2D eigenvalue weighted by Gasteiger charge is -2.29. The number of amides is 4. The van der Waals surface area contributed by atoms with Crippen molar-refractivity contribution >= 4 is 29.9 Å². The first-order valence-corrected chi connectivity index (χ1v) is 8.56. The highest BCUT2D eigenvalue weighted by molar-refractivity contribution is 6.16. The summed E-state index contributed by atoms with van der Waals surface area (Å²) in [5.74, 6) is -0.696. The molecular formula is C17H23N4O4+. The molecule has 0 aliphatic carbocycles. The second-order valence-electron chi connectivity index (χ2n) is 6.40. The Labute approximate surface area is 146 Å². The first-order valence-electron chi connectivity index (χ1n) is 8.56. The minimum atomic E-state index is -0.783. The van der Waals surface area contributed by atoms with Gasteiger partial charge in [0.25, 0.3) is 11.7 Å². The number of imide groups is 1. The molecule has 0 aromatic heterocycles. The zero-order valence-electron chi connectivity index (χ0n) is 14.6. The number of urea groups is 1. The SMILES string of the molecule is COC1=CC=NC2=[N+](C)C(=O)N(CC(=O)N3CCCCCC3)C(=O)C12. The molecule has 1 atom stereocenters. The highest BCUT2D eigenvalue weighted by Crippen LogP contribution is 2.24. The summed E-state index contributed by atoms with van der Waals surface area (Å²) in [4.78, 5) is 45.0.